The van der Waals surface area contributed by atoms with Crippen LogP contribution in [0.25, 0.3) is 0 Å². The molecule has 0 spiro atoms. The Morgan fingerprint density at radius 1 is 1.05 bits per heavy atom. The van der Waals surface area contributed by atoms with Gasteiger partial charge in [0.15, 0.2) is 5.75 Å². The largest absolute Gasteiger partial charge is 0.573 e. The highest BCUT2D eigenvalue weighted by atomic mass is 79.9. The van der Waals surface area contributed by atoms with Crippen LogP contribution in [0.2, 0.25) is 0 Å². The predicted octanol–water partition coefficient (Wildman–Crippen LogP) is 5.25. The minimum absolute atomic E-state index is 0.167. The standard InChI is InChI=1S/C12H7Br2F3N2O/c13-7-1-3-9(10(5-7)20-12(15,16)17)19-11-4-2-8(14)6-18-11/h1-6H,(H,18,19). The number of anilines is 2. The fourth-order valence-electron chi connectivity index (χ4n) is 1.40. The van der Waals surface area contributed by atoms with Gasteiger partial charge < -0.3 is 10.1 Å². The molecule has 0 radical (unpaired) electrons. The minimum Gasteiger partial charge on any atom is -0.404 e. The van der Waals surface area contributed by atoms with Crippen molar-refractivity contribution in [1.29, 1.82) is 0 Å². The van der Waals surface area contributed by atoms with Crippen LogP contribution < -0.4 is 10.1 Å². The van der Waals surface area contributed by atoms with E-state index in [1.165, 1.54) is 18.3 Å². The molecule has 2 aromatic rings. The highest BCUT2D eigenvalue weighted by Crippen LogP contribution is 2.34. The molecule has 0 aliphatic heterocycles. The van der Waals surface area contributed by atoms with Crippen LogP contribution in [-0.4, -0.2) is 11.3 Å². The van der Waals surface area contributed by atoms with E-state index in [1.807, 2.05) is 0 Å². The number of halogens is 5. The van der Waals surface area contributed by atoms with Gasteiger partial charge in [-0.15, -0.1) is 13.2 Å². The van der Waals surface area contributed by atoms with Gasteiger partial charge in [0.05, 0.1) is 5.69 Å². The monoisotopic (exact) mass is 410 g/mol. The van der Waals surface area contributed by atoms with E-state index in [0.29, 0.717) is 10.3 Å². The first-order valence-corrected chi connectivity index (χ1v) is 6.86. The van der Waals surface area contributed by atoms with Gasteiger partial charge in [-0.1, -0.05) is 15.9 Å². The van der Waals surface area contributed by atoms with Crippen molar-refractivity contribution in [2.45, 2.75) is 6.36 Å². The third kappa shape index (κ3) is 4.38. The third-order valence-electron chi connectivity index (χ3n) is 2.16. The van der Waals surface area contributed by atoms with Gasteiger partial charge in [0.25, 0.3) is 0 Å². The Bertz CT molecular complexity index is 603. The smallest absolute Gasteiger partial charge is 0.404 e. The van der Waals surface area contributed by atoms with Crippen LogP contribution in [0.1, 0.15) is 0 Å². The molecule has 0 fully saturated rings. The molecule has 3 nitrogen and oxygen atoms in total. The molecule has 1 aromatic heterocycles. The maximum Gasteiger partial charge on any atom is 0.573 e. The summed E-state index contributed by atoms with van der Waals surface area (Å²) in [4.78, 5) is 4.03. The zero-order chi connectivity index (χ0) is 14.8. The first-order chi connectivity index (χ1) is 9.33. The van der Waals surface area contributed by atoms with E-state index < -0.39 is 6.36 Å². The Balaban J connectivity index is 2.28. The van der Waals surface area contributed by atoms with Crippen LogP contribution in [0.3, 0.4) is 0 Å². The fourth-order valence-corrected chi connectivity index (χ4v) is 1.97. The van der Waals surface area contributed by atoms with E-state index in [9.17, 15) is 13.2 Å². The van der Waals surface area contributed by atoms with E-state index in [-0.39, 0.29) is 11.4 Å². The van der Waals surface area contributed by atoms with Crippen molar-refractivity contribution < 1.29 is 17.9 Å². The van der Waals surface area contributed by atoms with Crippen LogP contribution in [-0.2, 0) is 0 Å². The lowest BCUT2D eigenvalue weighted by Crippen LogP contribution is -2.18. The van der Waals surface area contributed by atoms with Crippen molar-refractivity contribution in [2.24, 2.45) is 0 Å². The summed E-state index contributed by atoms with van der Waals surface area (Å²) >= 11 is 6.33. The van der Waals surface area contributed by atoms with Gasteiger partial charge in [-0.05, 0) is 46.3 Å². The van der Waals surface area contributed by atoms with Gasteiger partial charge in [-0.2, -0.15) is 0 Å². The summed E-state index contributed by atoms with van der Waals surface area (Å²) in [5.74, 6) is 0.0686. The van der Waals surface area contributed by atoms with E-state index in [4.69, 9.17) is 0 Å². The summed E-state index contributed by atoms with van der Waals surface area (Å²) in [5, 5.41) is 2.77. The van der Waals surface area contributed by atoms with Gasteiger partial charge in [0.1, 0.15) is 5.82 Å². The second-order valence-electron chi connectivity index (χ2n) is 3.67. The predicted molar refractivity (Wildman–Crippen MR) is 76.0 cm³/mol. The normalized spacial score (nSPS) is 11.2. The van der Waals surface area contributed by atoms with Crippen molar-refractivity contribution in [2.75, 3.05) is 5.32 Å². The minimum atomic E-state index is -4.76. The highest BCUT2D eigenvalue weighted by Gasteiger charge is 2.32. The van der Waals surface area contributed by atoms with Crippen LogP contribution in [0.15, 0.2) is 45.5 Å². The maximum atomic E-state index is 12.4. The third-order valence-corrected chi connectivity index (χ3v) is 3.12. The SMILES string of the molecule is FC(F)(F)Oc1cc(Br)ccc1Nc1ccc(Br)cn1. The van der Waals surface area contributed by atoms with E-state index in [0.717, 1.165) is 4.47 Å². The van der Waals surface area contributed by atoms with Crippen LogP contribution in [0.5, 0.6) is 5.75 Å². The van der Waals surface area contributed by atoms with Crippen molar-refractivity contribution >= 4 is 43.4 Å². The summed E-state index contributed by atoms with van der Waals surface area (Å²) < 4.78 is 42.3. The lowest BCUT2D eigenvalue weighted by molar-refractivity contribution is -0.274. The van der Waals surface area contributed by atoms with Crippen LogP contribution in [0, 0.1) is 0 Å². The first kappa shape index (κ1) is 15.1. The number of pyridine rings is 1. The Morgan fingerprint density at radius 2 is 1.75 bits per heavy atom. The van der Waals surface area contributed by atoms with Crippen LogP contribution >= 0.6 is 31.9 Å². The lowest BCUT2D eigenvalue weighted by atomic mass is 10.3. The van der Waals surface area contributed by atoms with Gasteiger partial charge >= 0.3 is 6.36 Å². The number of nitrogens with zero attached hydrogens (tertiary/aromatic N) is 1. The van der Waals surface area contributed by atoms with Gasteiger partial charge in [-0.25, -0.2) is 4.98 Å². The summed E-state index contributed by atoms with van der Waals surface area (Å²) in [5.41, 5.74) is 0.167. The number of nitrogens with one attached hydrogen (secondary N) is 1. The van der Waals surface area contributed by atoms with Gasteiger partial charge in [0, 0.05) is 15.1 Å². The quantitative estimate of drug-likeness (QED) is 0.749. The van der Waals surface area contributed by atoms with Crippen molar-refractivity contribution in [3.05, 3.63) is 45.5 Å². The molecular formula is C12H7Br2F3N2O. The molecule has 8 heteroatoms. The highest BCUT2D eigenvalue weighted by molar-refractivity contribution is 9.10. The molecule has 0 aliphatic rings. The topological polar surface area (TPSA) is 34.1 Å². The van der Waals surface area contributed by atoms with E-state index in [2.05, 4.69) is 46.9 Å². The molecule has 0 atom stereocenters. The average molecular weight is 412 g/mol. The molecule has 0 bridgehead atoms. The number of benzene rings is 1. The summed E-state index contributed by atoms with van der Waals surface area (Å²) in [7, 11) is 0. The molecular weight excluding hydrogens is 405 g/mol. The zero-order valence-electron chi connectivity index (χ0n) is 9.71. The Morgan fingerprint density at radius 3 is 2.35 bits per heavy atom. The molecule has 1 heterocycles. The zero-order valence-corrected chi connectivity index (χ0v) is 12.9. The molecule has 0 saturated heterocycles. The number of hydrogen-bond acceptors (Lipinski definition) is 3. The van der Waals surface area contributed by atoms with Crippen molar-refractivity contribution in [3.63, 3.8) is 0 Å². The second kappa shape index (κ2) is 6.01. The number of aromatic nitrogens is 1. The fraction of sp³-hybridized carbons (Fsp3) is 0.0833. The van der Waals surface area contributed by atoms with Crippen molar-refractivity contribution in [1.82, 2.24) is 4.98 Å². The molecule has 1 aromatic carbocycles. The second-order valence-corrected chi connectivity index (χ2v) is 5.51. The number of alkyl halides is 3. The molecule has 0 amide bonds. The molecule has 0 saturated carbocycles. The summed E-state index contributed by atoms with van der Waals surface area (Å²) in [6.45, 7) is 0. The van der Waals surface area contributed by atoms with E-state index in [1.54, 1.807) is 18.2 Å². The molecule has 1 N–H and O–H groups in total. The van der Waals surface area contributed by atoms with Gasteiger partial charge in [-0.3, -0.25) is 0 Å². The first-order valence-electron chi connectivity index (χ1n) is 5.27. The molecule has 106 valence electrons. The maximum absolute atomic E-state index is 12.4. The molecule has 0 unspecified atom stereocenters. The Hall–Kier alpha value is -1.28. The lowest BCUT2D eigenvalue weighted by Gasteiger charge is -2.14. The number of rotatable bonds is 3. The van der Waals surface area contributed by atoms with Crippen LogP contribution in [0.4, 0.5) is 24.7 Å². The Kier molecular flexibility index (Phi) is 4.54. The average Bonchev–Trinajstić information content (AvgIpc) is 2.33. The summed E-state index contributed by atoms with van der Waals surface area (Å²) in [6, 6.07) is 7.65. The van der Waals surface area contributed by atoms with Gasteiger partial charge in [0.2, 0.25) is 0 Å². The van der Waals surface area contributed by atoms with Crippen molar-refractivity contribution in [3.8, 4) is 5.75 Å². The van der Waals surface area contributed by atoms with E-state index >= 15 is 0 Å². The Labute approximate surface area is 129 Å². The molecule has 2 rings (SSSR count). The molecule has 20 heavy (non-hydrogen) atoms. The molecule has 0 aliphatic carbocycles. The number of ether oxygens (including phenoxy) is 1. The number of hydrogen-bond donors (Lipinski definition) is 1. The summed E-state index contributed by atoms with van der Waals surface area (Å²) in [6.07, 6.45) is -3.23.